The lowest BCUT2D eigenvalue weighted by atomic mass is 10.1. The number of methoxy groups -OCH3 is 1. The Balaban J connectivity index is 2.26. The first kappa shape index (κ1) is 10.5. The van der Waals surface area contributed by atoms with Crippen molar-refractivity contribution in [1.29, 1.82) is 0 Å². The smallest absolute Gasteiger partial charge is 0.227 e. The van der Waals surface area contributed by atoms with Gasteiger partial charge in [0.2, 0.25) is 5.91 Å². The fourth-order valence-corrected chi connectivity index (χ4v) is 1.18. The standard InChI is InChI=1S/C9H18N2O2/c1-7(13-2)5-11-8(12)9(6-10)3-4-9/h7H,3-6,10H2,1-2H3,(H,11,12). The van der Waals surface area contributed by atoms with E-state index < -0.39 is 0 Å². The molecular formula is C9H18N2O2. The summed E-state index contributed by atoms with van der Waals surface area (Å²) in [5.41, 5.74) is 5.27. The van der Waals surface area contributed by atoms with E-state index in [-0.39, 0.29) is 17.4 Å². The lowest BCUT2D eigenvalue weighted by molar-refractivity contribution is -0.126. The van der Waals surface area contributed by atoms with Gasteiger partial charge in [-0.3, -0.25) is 4.79 Å². The fraction of sp³-hybridized carbons (Fsp3) is 0.889. The second-order valence-corrected chi connectivity index (χ2v) is 3.74. The van der Waals surface area contributed by atoms with Crippen LogP contribution in [-0.2, 0) is 9.53 Å². The van der Waals surface area contributed by atoms with Gasteiger partial charge >= 0.3 is 0 Å². The molecule has 1 fully saturated rings. The van der Waals surface area contributed by atoms with Gasteiger partial charge < -0.3 is 15.8 Å². The maximum absolute atomic E-state index is 11.5. The van der Waals surface area contributed by atoms with Crippen molar-refractivity contribution in [3.63, 3.8) is 0 Å². The average molecular weight is 186 g/mol. The van der Waals surface area contributed by atoms with Crippen molar-refractivity contribution < 1.29 is 9.53 Å². The highest BCUT2D eigenvalue weighted by atomic mass is 16.5. The summed E-state index contributed by atoms with van der Waals surface area (Å²) in [4.78, 5) is 11.5. The van der Waals surface area contributed by atoms with Gasteiger partial charge in [0.1, 0.15) is 0 Å². The van der Waals surface area contributed by atoms with Crippen molar-refractivity contribution in [2.45, 2.75) is 25.9 Å². The van der Waals surface area contributed by atoms with Crippen molar-refractivity contribution >= 4 is 5.91 Å². The molecule has 0 aromatic heterocycles. The Morgan fingerprint density at radius 1 is 1.69 bits per heavy atom. The number of rotatable bonds is 5. The Kier molecular flexibility index (Phi) is 3.27. The van der Waals surface area contributed by atoms with E-state index in [1.54, 1.807) is 7.11 Å². The van der Waals surface area contributed by atoms with Crippen molar-refractivity contribution in [1.82, 2.24) is 5.32 Å². The molecule has 13 heavy (non-hydrogen) atoms. The maximum Gasteiger partial charge on any atom is 0.227 e. The summed E-state index contributed by atoms with van der Waals surface area (Å²) >= 11 is 0. The Morgan fingerprint density at radius 2 is 2.31 bits per heavy atom. The summed E-state index contributed by atoms with van der Waals surface area (Å²) in [6, 6.07) is 0. The molecule has 4 nitrogen and oxygen atoms in total. The van der Waals surface area contributed by atoms with Crippen LogP contribution in [0.3, 0.4) is 0 Å². The molecule has 1 aliphatic rings. The van der Waals surface area contributed by atoms with E-state index in [9.17, 15) is 4.79 Å². The zero-order valence-corrected chi connectivity index (χ0v) is 8.30. The minimum atomic E-state index is -0.243. The molecule has 0 bridgehead atoms. The third-order valence-corrected chi connectivity index (χ3v) is 2.68. The predicted octanol–water partition coefficient (Wildman–Crippen LogP) is -0.124. The third kappa shape index (κ3) is 2.42. The molecule has 1 saturated carbocycles. The van der Waals surface area contributed by atoms with Crippen LogP contribution < -0.4 is 11.1 Å². The van der Waals surface area contributed by atoms with E-state index in [0.717, 1.165) is 12.8 Å². The van der Waals surface area contributed by atoms with E-state index in [4.69, 9.17) is 10.5 Å². The SMILES string of the molecule is COC(C)CNC(=O)C1(CN)CC1. The number of ether oxygens (including phenoxy) is 1. The number of hydrogen-bond donors (Lipinski definition) is 2. The Labute approximate surface area is 78.8 Å². The topological polar surface area (TPSA) is 64.3 Å². The van der Waals surface area contributed by atoms with Gasteiger partial charge in [-0.25, -0.2) is 0 Å². The van der Waals surface area contributed by atoms with Crippen LogP contribution in [0.1, 0.15) is 19.8 Å². The molecule has 0 aromatic rings. The van der Waals surface area contributed by atoms with E-state index in [0.29, 0.717) is 13.1 Å². The van der Waals surface area contributed by atoms with Crippen LogP contribution in [0.2, 0.25) is 0 Å². The second-order valence-electron chi connectivity index (χ2n) is 3.74. The summed E-state index contributed by atoms with van der Waals surface area (Å²) in [6.45, 7) is 2.94. The normalized spacial score (nSPS) is 20.8. The fourth-order valence-electron chi connectivity index (χ4n) is 1.18. The lowest BCUT2D eigenvalue weighted by Crippen LogP contribution is -2.40. The first-order chi connectivity index (χ1) is 6.14. The van der Waals surface area contributed by atoms with Gasteiger partial charge in [-0.2, -0.15) is 0 Å². The highest BCUT2D eigenvalue weighted by Crippen LogP contribution is 2.44. The predicted molar refractivity (Wildman–Crippen MR) is 50.2 cm³/mol. The molecule has 0 saturated heterocycles. The summed E-state index contributed by atoms with van der Waals surface area (Å²) in [5, 5.41) is 2.84. The number of carbonyl (C=O) groups is 1. The van der Waals surface area contributed by atoms with Crippen molar-refractivity contribution in [2.24, 2.45) is 11.1 Å². The molecule has 4 heteroatoms. The summed E-state index contributed by atoms with van der Waals surface area (Å²) in [7, 11) is 1.63. The molecule has 0 radical (unpaired) electrons. The third-order valence-electron chi connectivity index (χ3n) is 2.68. The molecule has 3 N–H and O–H groups in total. The van der Waals surface area contributed by atoms with Crippen molar-refractivity contribution in [2.75, 3.05) is 20.2 Å². The first-order valence-electron chi connectivity index (χ1n) is 4.66. The molecule has 0 aliphatic heterocycles. The zero-order chi connectivity index (χ0) is 9.90. The summed E-state index contributed by atoms with van der Waals surface area (Å²) < 4.78 is 5.02. The quantitative estimate of drug-likeness (QED) is 0.629. The lowest BCUT2D eigenvalue weighted by Gasteiger charge is -2.15. The van der Waals surface area contributed by atoms with Crippen LogP contribution in [0.4, 0.5) is 0 Å². The maximum atomic E-state index is 11.5. The van der Waals surface area contributed by atoms with Gasteiger partial charge in [0.15, 0.2) is 0 Å². The Bertz CT molecular complexity index is 190. The monoisotopic (exact) mass is 186 g/mol. The summed E-state index contributed by atoms with van der Waals surface area (Å²) in [5.74, 6) is 0.0823. The molecule has 0 spiro atoms. The van der Waals surface area contributed by atoms with Gasteiger partial charge in [0.05, 0.1) is 11.5 Å². The van der Waals surface area contributed by atoms with E-state index in [2.05, 4.69) is 5.32 Å². The molecule has 1 unspecified atom stereocenters. The van der Waals surface area contributed by atoms with Crippen LogP contribution >= 0.6 is 0 Å². The van der Waals surface area contributed by atoms with Gasteiger partial charge in [-0.1, -0.05) is 0 Å². The Morgan fingerprint density at radius 3 is 2.69 bits per heavy atom. The van der Waals surface area contributed by atoms with Crippen LogP contribution in [0, 0.1) is 5.41 Å². The highest BCUT2D eigenvalue weighted by molar-refractivity contribution is 5.85. The molecule has 0 aromatic carbocycles. The van der Waals surface area contributed by atoms with Gasteiger partial charge in [0.25, 0.3) is 0 Å². The molecule has 1 aliphatic carbocycles. The van der Waals surface area contributed by atoms with Crippen LogP contribution in [0.15, 0.2) is 0 Å². The second kappa shape index (κ2) is 4.07. The minimum absolute atomic E-state index is 0.0672. The molecular weight excluding hydrogens is 168 g/mol. The molecule has 1 rings (SSSR count). The van der Waals surface area contributed by atoms with Gasteiger partial charge in [-0.15, -0.1) is 0 Å². The van der Waals surface area contributed by atoms with E-state index >= 15 is 0 Å². The number of carbonyl (C=O) groups excluding carboxylic acids is 1. The van der Waals surface area contributed by atoms with Crippen LogP contribution in [0.5, 0.6) is 0 Å². The largest absolute Gasteiger partial charge is 0.380 e. The van der Waals surface area contributed by atoms with Crippen LogP contribution in [0.25, 0.3) is 0 Å². The zero-order valence-electron chi connectivity index (χ0n) is 8.30. The van der Waals surface area contributed by atoms with Crippen molar-refractivity contribution in [3.05, 3.63) is 0 Å². The number of nitrogens with two attached hydrogens (primary N) is 1. The number of amides is 1. The van der Waals surface area contributed by atoms with Gasteiger partial charge in [0, 0.05) is 20.2 Å². The number of nitrogens with one attached hydrogen (secondary N) is 1. The molecule has 1 amide bonds. The highest BCUT2D eigenvalue weighted by Gasteiger charge is 2.48. The van der Waals surface area contributed by atoms with Gasteiger partial charge in [-0.05, 0) is 19.8 Å². The van der Waals surface area contributed by atoms with Crippen LogP contribution in [-0.4, -0.2) is 32.2 Å². The minimum Gasteiger partial charge on any atom is -0.380 e. The molecule has 1 atom stereocenters. The summed E-state index contributed by atoms with van der Waals surface area (Å²) in [6.07, 6.45) is 1.92. The average Bonchev–Trinajstić information content (AvgIpc) is 2.94. The van der Waals surface area contributed by atoms with E-state index in [1.165, 1.54) is 0 Å². The van der Waals surface area contributed by atoms with E-state index in [1.807, 2.05) is 6.92 Å². The Hall–Kier alpha value is -0.610. The first-order valence-corrected chi connectivity index (χ1v) is 4.66. The molecule has 0 heterocycles. The molecule has 76 valence electrons. The van der Waals surface area contributed by atoms with Crippen molar-refractivity contribution in [3.8, 4) is 0 Å². The number of hydrogen-bond acceptors (Lipinski definition) is 3.